The third-order valence-corrected chi connectivity index (χ3v) is 3.76. The highest BCUT2D eigenvalue weighted by Gasteiger charge is 2.37. The zero-order chi connectivity index (χ0) is 10.1. The normalized spacial score (nSPS) is 19.8. The van der Waals surface area contributed by atoms with Gasteiger partial charge in [0.05, 0.1) is 4.99 Å². The first-order chi connectivity index (χ1) is 5.83. The Morgan fingerprint density at radius 3 is 2.54 bits per heavy atom. The largest absolute Gasteiger partial charge is 0.392 e. The number of sulfonamides is 1. The number of hydrogen-bond donors (Lipinski definition) is 2. The van der Waals surface area contributed by atoms with Crippen molar-refractivity contribution in [1.29, 1.82) is 0 Å². The lowest BCUT2D eigenvalue weighted by atomic mass is 10.2. The van der Waals surface area contributed by atoms with Gasteiger partial charge in [-0.1, -0.05) is 19.1 Å². The first-order valence-electron chi connectivity index (χ1n) is 4.09. The Morgan fingerprint density at radius 1 is 1.62 bits per heavy atom. The lowest BCUT2D eigenvalue weighted by molar-refractivity contribution is 0.532. The van der Waals surface area contributed by atoms with E-state index in [1.54, 1.807) is 0 Å². The highest BCUT2D eigenvalue weighted by molar-refractivity contribution is 7.92. The molecule has 1 aliphatic rings. The summed E-state index contributed by atoms with van der Waals surface area (Å²) < 4.78 is 25.0. The summed E-state index contributed by atoms with van der Waals surface area (Å²) in [5.41, 5.74) is 5.32. The molecule has 0 aromatic heterocycles. The van der Waals surface area contributed by atoms with Gasteiger partial charge in [-0.05, 0) is 18.3 Å². The maximum absolute atomic E-state index is 11.2. The van der Waals surface area contributed by atoms with Crippen LogP contribution in [0.1, 0.15) is 19.8 Å². The summed E-state index contributed by atoms with van der Waals surface area (Å²) in [7, 11) is -3.29. The van der Waals surface area contributed by atoms with Crippen LogP contribution in [0.15, 0.2) is 0 Å². The minimum Gasteiger partial charge on any atom is -0.392 e. The van der Waals surface area contributed by atoms with Crippen LogP contribution in [0.4, 0.5) is 0 Å². The Labute approximate surface area is 83.9 Å². The van der Waals surface area contributed by atoms with Gasteiger partial charge in [0.1, 0.15) is 5.75 Å². The molecule has 6 heteroatoms. The van der Waals surface area contributed by atoms with Gasteiger partial charge in [0.25, 0.3) is 0 Å². The van der Waals surface area contributed by atoms with E-state index in [-0.39, 0.29) is 16.2 Å². The second kappa shape index (κ2) is 3.51. The van der Waals surface area contributed by atoms with Crippen LogP contribution >= 0.6 is 12.2 Å². The fourth-order valence-corrected chi connectivity index (χ4v) is 2.42. The minimum absolute atomic E-state index is 0.00782. The smallest absolute Gasteiger partial charge is 0.218 e. The molecule has 0 atom stereocenters. The summed E-state index contributed by atoms with van der Waals surface area (Å²) >= 11 is 4.53. The summed E-state index contributed by atoms with van der Waals surface area (Å²) in [5, 5.41) is 0. The second-order valence-electron chi connectivity index (χ2n) is 3.86. The Balaban J connectivity index is 2.38. The monoisotopic (exact) mass is 222 g/mol. The molecule has 0 heterocycles. The molecule has 1 saturated carbocycles. The molecule has 0 aliphatic heterocycles. The summed E-state index contributed by atoms with van der Waals surface area (Å²) in [5.74, 6) is -0.252. The second-order valence-corrected chi connectivity index (χ2v) is 6.19. The molecule has 76 valence electrons. The van der Waals surface area contributed by atoms with Crippen LogP contribution in [0, 0.1) is 5.41 Å². The van der Waals surface area contributed by atoms with E-state index in [9.17, 15) is 8.42 Å². The molecule has 0 unspecified atom stereocenters. The molecule has 1 aliphatic carbocycles. The van der Waals surface area contributed by atoms with Crippen LogP contribution in [0.2, 0.25) is 0 Å². The van der Waals surface area contributed by atoms with E-state index in [0.717, 1.165) is 12.8 Å². The molecule has 0 aromatic carbocycles. The van der Waals surface area contributed by atoms with E-state index < -0.39 is 10.0 Å². The molecule has 3 N–H and O–H groups in total. The molecule has 0 aromatic rings. The van der Waals surface area contributed by atoms with Gasteiger partial charge >= 0.3 is 0 Å². The highest BCUT2D eigenvalue weighted by atomic mass is 32.2. The number of nitrogens with two attached hydrogens (primary N) is 1. The van der Waals surface area contributed by atoms with Gasteiger partial charge in [-0.2, -0.15) is 0 Å². The molecule has 0 amide bonds. The maximum Gasteiger partial charge on any atom is 0.218 e. The Morgan fingerprint density at radius 2 is 2.15 bits per heavy atom. The van der Waals surface area contributed by atoms with Crippen molar-refractivity contribution in [2.75, 3.05) is 12.3 Å². The van der Waals surface area contributed by atoms with E-state index in [1.807, 2.05) is 0 Å². The molecule has 13 heavy (non-hydrogen) atoms. The Kier molecular flexibility index (Phi) is 2.94. The first kappa shape index (κ1) is 10.9. The predicted octanol–water partition coefficient (Wildman–Crippen LogP) is -0.00800. The summed E-state index contributed by atoms with van der Waals surface area (Å²) in [6.07, 6.45) is 2.17. The molecule has 0 saturated heterocycles. The van der Waals surface area contributed by atoms with Gasteiger partial charge in [-0.3, -0.25) is 0 Å². The summed E-state index contributed by atoms with van der Waals surface area (Å²) in [6, 6.07) is 0. The molecule has 0 bridgehead atoms. The van der Waals surface area contributed by atoms with Gasteiger partial charge in [0.2, 0.25) is 10.0 Å². The molecule has 4 nitrogen and oxygen atoms in total. The van der Waals surface area contributed by atoms with E-state index in [4.69, 9.17) is 5.73 Å². The Hall–Kier alpha value is -0.200. The maximum atomic E-state index is 11.2. The Bertz CT molecular complexity index is 306. The molecule has 1 fully saturated rings. The average Bonchev–Trinajstić information content (AvgIpc) is 2.63. The highest BCUT2D eigenvalue weighted by Crippen LogP contribution is 2.44. The summed E-state index contributed by atoms with van der Waals surface area (Å²) in [6.45, 7) is 2.55. The predicted molar refractivity (Wildman–Crippen MR) is 55.9 cm³/mol. The van der Waals surface area contributed by atoms with Crippen LogP contribution in [-0.4, -0.2) is 25.7 Å². The zero-order valence-electron chi connectivity index (χ0n) is 7.54. The molecule has 0 radical (unpaired) electrons. The van der Waals surface area contributed by atoms with Crippen LogP contribution in [-0.2, 0) is 10.0 Å². The van der Waals surface area contributed by atoms with Gasteiger partial charge in [0.15, 0.2) is 0 Å². The van der Waals surface area contributed by atoms with Crippen molar-refractivity contribution in [2.45, 2.75) is 19.8 Å². The zero-order valence-corrected chi connectivity index (χ0v) is 9.17. The fourth-order valence-electron chi connectivity index (χ4n) is 0.913. The van der Waals surface area contributed by atoms with Crippen LogP contribution < -0.4 is 10.5 Å². The number of thiocarbonyl (C=S) groups is 1. The van der Waals surface area contributed by atoms with Crippen LogP contribution in [0.3, 0.4) is 0 Å². The van der Waals surface area contributed by atoms with Crippen LogP contribution in [0.5, 0.6) is 0 Å². The lowest BCUT2D eigenvalue weighted by Crippen LogP contribution is -2.35. The van der Waals surface area contributed by atoms with E-state index in [0.29, 0.717) is 6.54 Å². The van der Waals surface area contributed by atoms with Gasteiger partial charge < -0.3 is 5.73 Å². The molecular weight excluding hydrogens is 208 g/mol. The van der Waals surface area contributed by atoms with Crippen molar-refractivity contribution in [2.24, 2.45) is 11.1 Å². The topological polar surface area (TPSA) is 72.2 Å². The van der Waals surface area contributed by atoms with Crippen molar-refractivity contribution in [1.82, 2.24) is 4.72 Å². The third-order valence-electron chi connectivity index (χ3n) is 2.15. The van der Waals surface area contributed by atoms with Crippen molar-refractivity contribution < 1.29 is 8.42 Å². The van der Waals surface area contributed by atoms with Crippen LogP contribution in [0.25, 0.3) is 0 Å². The van der Waals surface area contributed by atoms with Crippen molar-refractivity contribution in [3.05, 3.63) is 0 Å². The lowest BCUT2D eigenvalue weighted by Gasteiger charge is -2.09. The SMILES string of the molecule is CC1(CNS(=O)(=O)CC(N)=S)CC1. The standard InChI is InChI=1S/C7H14N2O2S2/c1-7(2-3-7)5-9-13(10,11)4-6(8)12/h9H,2-5H2,1H3,(H2,8,12). The number of hydrogen-bond acceptors (Lipinski definition) is 3. The van der Waals surface area contributed by atoms with Crippen molar-refractivity contribution in [3.63, 3.8) is 0 Å². The first-order valence-corrected chi connectivity index (χ1v) is 6.15. The van der Waals surface area contributed by atoms with E-state index in [2.05, 4.69) is 23.9 Å². The molecular formula is C7H14N2O2S2. The van der Waals surface area contributed by atoms with Gasteiger partial charge in [-0.15, -0.1) is 0 Å². The summed E-state index contributed by atoms with van der Waals surface area (Å²) in [4.78, 5) is 0.00782. The number of rotatable bonds is 5. The molecule has 1 rings (SSSR count). The quantitative estimate of drug-likeness (QED) is 0.642. The number of nitrogens with one attached hydrogen (secondary N) is 1. The van der Waals surface area contributed by atoms with Crippen molar-refractivity contribution >= 4 is 27.2 Å². The van der Waals surface area contributed by atoms with Gasteiger partial charge in [0, 0.05) is 6.54 Å². The third kappa shape index (κ3) is 4.02. The van der Waals surface area contributed by atoms with E-state index >= 15 is 0 Å². The minimum atomic E-state index is -3.29. The van der Waals surface area contributed by atoms with Crippen molar-refractivity contribution in [3.8, 4) is 0 Å². The fraction of sp³-hybridized carbons (Fsp3) is 0.857. The molecule has 0 spiro atoms. The average molecular weight is 222 g/mol. The van der Waals surface area contributed by atoms with E-state index in [1.165, 1.54) is 0 Å². The van der Waals surface area contributed by atoms with Gasteiger partial charge in [-0.25, -0.2) is 13.1 Å².